The molecule has 0 saturated heterocycles. The van der Waals surface area contributed by atoms with Crippen molar-refractivity contribution in [2.45, 2.75) is 27.3 Å². The molecule has 0 radical (unpaired) electrons. The number of hydrogen-bond acceptors (Lipinski definition) is 1. The zero-order valence-corrected chi connectivity index (χ0v) is 12.0. The first kappa shape index (κ1) is 12.2. The van der Waals surface area contributed by atoms with Crippen LogP contribution in [0.25, 0.3) is 21.9 Å². The summed E-state index contributed by atoms with van der Waals surface area (Å²) in [5, 5.41) is 1.24. The van der Waals surface area contributed by atoms with Crippen LogP contribution in [0.3, 0.4) is 0 Å². The molecule has 1 aromatic carbocycles. The Labute approximate surface area is 113 Å². The minimum Gasteiger partial charge on any atom is -0.248 e. The van der Waals surface area contributed by atoms with Crippen molar-refractivity contribution in [3.8, 4) is 0 Å². The number of fused-ring (bicyclic) bond motifs is 3. The Hall–Kier alpha value is -1.90. The molecule has 2 aromatic heterocycles. The molecular formula is C16H20N3+. The largest absolute Gasteiger partial charge is 0.248 e. The normalized spacial score (nSPS) is 11.8. The van der Waals surface area contributed by atoms with E-state index in [1.54, 1.807) is 0 Å². The highest BCUT2D eigenvalue weighted by Crippen LogP contribution is 2.24. The van der Waals surface area contributed by atoms with Crippen molar-refractivity contribution in [2.24, 2.45) is 13.0 Å². The van der Waals surface area contributed by atoms with Crippen molar-refractivity contribution in [1.82, 2.24) is 9.55 Å². The molecule has 0 aliphatic rings. The molecule has 0 unspecified atom stereocenters. The van der Waals surface area contributed by atoms with E-state index in [1.165, 1.54) is 16.4 Å². The summed E-state index contributed by atoms with van der Waals surface area (Å²) in [5.41, 5.74) is 4.72. The van der Waals surface area contributed by atoms with Crippen molar-refractivity contribution in [3.63, 3.8) is 0 Å². The molecule has 0 fully saturated rings. The maximum absolute atomic E-state index is 4.72. The van der Waals surface area contributed by atoms with E-state index in [0.717, 1.165) is 17.8 Å². The SMILES string of the molecule is Cc1nc2ccccc2c2c1[n+](C)cn2CC(C)C. The maximum Gasteiger partial charge on any atom is 0.244 e. The predicted octanol–water partition coefficient (Wildman–Crippen LogP) is 2.98. The number of aryl methyl sites for hydroxylation is 2. The first-order valence-electron chi connectivity index (χ1n) is 6.81. The Balaban J connectivity index is 2.45. The number of para-hydroxylation sites is 1. The quantitative estimate of drug-likeness (QED) is 0.644. The molecule has 0 aliphatic heterocycles. The van der Waals surface area contributed by atoms with Gasteiger partial charge in [0.1, 0.15) is 0 Å². The van der Waals surface area contributed by atoms with Crippen LogP contribution >= 0.6 is 0 Å². The van der Waals surface area contributed by atoms with Crippen LogP contribution < -0.4 is 4.57 Å². The van der Waals surface area contributed by atoms with Crippen LogP contribution in [0.2, 0.25) is 0 Å². The number of rotatable bonds is 2. The molecule has 0 amide bonds. The second-order valence-corrected chi connectivity index (χ2v) is 5.68. The summed E-state index contributed by atoms with van der Waals surface area (Å²) < 4.78 is 4.55. The molecule has 3 aromatic rings. The van der Waals surface area contributed by atoms with Crippen LogP contribution in [0, 0.1) is 12.8 Å². The van der Waals surface area contributed by atoms with E-state index in [0.29, 0.717) is 5.92 Å². The molecular weight excluding hydrogens is 234 g/mol. The number of pyridine rings is 1. The molecule has 0 N–H and O–H groups in total. The Bertz CT molecular complexity index is 753. The number of imidazole rings is 1. The second-order valence-electron chi connectivity index (χ2n) is 5.68. The third kappa shape index (κ3) is 1.89. The van der Waals surface area contributed by atoms with Gasteiger partial charge in [-0.15, -0.1) is 0 Å². The summed E-state index contributed by atoms with van der Waals surface area (Å²) in [6.45, 7) is 7.63. The summed E-state index contributed by atoms with van der Waals surface area (Å²) in [6, 6.07) is 8.40. The van der Waals surface area contributed by atoms with Gasteiger partial charge in [-0.2, -0.15) is 0 Å². The molecule has 3 heteroatoms. The highest BCUT2D eigenvalue weighted by atomic mass is 15.1. The molecule has 3 rings (SSSR count). The lowest BCUT2D eigenvalue weighted by atomic mass is 10.1. The van der Waals surface area contributed by atoms with E-state index in [-0.39, 0.29) is 0 Å². The van der Waals surface area contributed by atoms with Gasteiger partial charge in [-0.1, -0.05) is 26.0 Å². The summed E-state index contributed by atoms with van der Waals surface area (Å²) >= 11 is 0. The highest BCUT2D eigenvalue weighted by molar-refractivity contribution is 6.01. The lowest BCUT2D eigenvalue weighted by Crippen LogP contribution is -2.26. The van der Waals surface area contributed by atoms with Gasteiger partial charge in [-0.05, 0) is 25.0 Å². The van der Waals surface area contributed by atoms with Crippen LogP contribution in [-0.2, 0) is 13.6 Å². The van der Waals surface area contributed by atoms with E-state index in [4.69, 9.17) is 4.98 Å². The summed E-state index contributed by atoms with van der Waals surface area (Å²) in [5.74, 6) is 0.628. The number of benzene rings is 1. The van der Waals surface area contributed by atoms with E-state index < -0.39 is 0 Å². The predicted molar refractivity (Wildman–Crippen MR) is 78.0 cm³/mol. The number of hydrogen-bond donors (Lipinski definition) is 0. The Morgan fingerprint density at radius 2 is 2.00 bits per heavy atom. The summed E-state index contributed by atoms with van der Waals surface area (Å²) in [4.78, 5) is 4.72. The summed E-state index contributed by atoms with van der Waals surface area (Å²) in [6.07, 6.45) is 2.19. The van der Waals surface area contributed by atoms with Gasteiger partial charge in [-0.25, -0.2) is 14.1 Å². The van der Waals surface area contributed by atoms with Crippen molar-refractivity contribution < 1.29 is 4.57 Å². The molecule has 3 nitrogen and oxygen atoms in total. The molecule has 0 aliphatic carbocycles. The van der Waals surface area contributed by atoms with E-state index >= 15 is 0 Å². The van der Waals surface area contributed by atoms with Crippen LogP contribution in [0.5, 0.6) is 0 Å². The fraction of sp³-hybridized carbons (Fsp3) is 0.375. The molecule has 98 valence electrons. The van der Waals surface area contributed by atoms with Gasteiger partial charge in [0.25, 0.3) is 0 Å². The highest BCUT2D eigenvalue weighted by Gasteiger charge is 2.20. The zero-order chi connectivity index (χ0) is 13.6. The molecule has 2 heterocycles. The van der Waals surface area contributed by atoms with Crippen molar-refractivity contribution in [2.75, 3.05) is 0 Å². The lowest BCUT2D eigenvalue weighted by Gasteiger charge is -2.04. The van der Waals surface area contributed by atoms with E-state index in [2.05, 4.69) is 67.5 Å². The molecule has 0 spiro atoms. The maximum atomic E-state index is 4.72. The standard InChI is InChI=1S/C16H20N3/c1-11(2)9-19-10-18(4)15-12(3)17-14-8-6-5-7-13(14)16(15)19/h5-8,10-11H,9H2,1-4H3/q+1. The topological polar surface area (TPSA) is 21.7 Å². The minimum absolute atomic E-state index is 0.628. The van der Waals surface area contributed by atoms with Gasteiger partial charge in [0.2, 0.25) is 6.33 Å². The van der Waals surface area contributed by atoms with Crippen molar-refractivity contribution >= 4 is 21.9 Å². The number of aromatic nitrogens is 3. The van der Waals surface area contributed by atoms with Gasteiger partial charge >= 0.3 is 0 Å². The van der Waals surface area contributed by atoms with Crippen LogP contribution in [-0.4, -0.2) is 9.55 Å². The summed E-state index contributed by atoms with van der Waals surface area (Å²) in [7, 11) is 2.10. The van der Waals surface area contributed by atoms with Crippen molar-refractivity contribution in [3.05, 3.63) is 36.3 Å². The lowest BCUT2D eigenvalue weighted by molar-refractivity contribution is -0.646. The van der Waals surface area contributed by atoms with Gasteiger partial charge in [0.15, 0.2) is 11.0 Å². The first-order chi connectivity index (χ1) is 9.08. The molecule has 0 atom stereocenters. The van der Waals surface area contributed by atoms with Crippen LogP contribution in [0.4, 0.5) is 0 Å². The van der Waals surface area contributed by atoms with Gasteiger partial charge in [0.05, 0.1) is 30.2 Å². The van der Waals surface area contributed by atoms with Gasteiger partial charge in [-0.3, -0.25) is 0 Å². The third-order valence-corrected chi connectivity index (χ3v) is 3.53. The van der Waals surface area contributed by atoms with Crippen molar-refractivity contribution in [1.29, 1.82) is 0 Å². The fourth-order valence-electron chi connectivity index (χ4n) is 2.87. The zero-order valence-electron chi connectivity index (χ0n) is 12.0. The van der Waals surface area contributed by atoms with Crippen LogP contribution in [0.1, 0.15) is 19.5 Å². The average molecular weight is 254 g/mol. The Morgan fingerprint density at radius 1 is 1.26 bits per heavy atom. The third-order valence-electron chi connectivity index (χ3n) is 3.53. The average Bonchev–Trinajstić information content (AvgIpc) is 2.66. The first-order valence-corrected chi connectivity index (χ1v) is 6.81. The van der Waals surface area contributed by atoms with E-state index in [1.807, 2.05) is 0 Å². The smallest absolute Gasteiger partial charge is 0.244 e. The van der Waals surface area contributed by atoms with Gasteiger partial charge in [0, 0.05) is 0 Å². The molecule has 19 heavy (non-hydrogen) atoms. The number of nitrogens with zero attached hydrogens (tertiary/aromatic N) is 3. The fourth-order valence-corrected chi connectivity index (χ4v) is 2.87. The minimum atomic E-state index is 0.628. The van der Waals surface area contributed by atoms with Gasteiger partial charge < -0.3 is 0 Å². The molecule has 0 bridgehead atoms. The van der Waals surface area contributed by atoms with Crippen LogP contribution in [0.15, 0.2) is 30.6 Å². The Morgan fingerprint density at radius 3 is 2.74 bits per heavy atom. The second kappa shape index (κ2) is 4.34. The molecule has 0 saturated carbocycles. The monoisotopic (exact) mass is 254 g/mol. The van der Waals surface area contributed by atoms with E-state index in [9.17, 15) is 0 Å². The Kier molecular flexibility index (Phi) is 2.77.